The van der Waals surface area contributed by atoms with E-state index in [0.29, 0.717) is 6.04 Å². The summed E-state index contributed by atoms with van der Waals surface area (Å²) in [5, 5.41) is 0. The van der Waals surface area contributed by atoms with Gasteiger partial charge in [-0.15, -0.1) is 0 Å². The average molecular weight is 299 g/mol. The first kappa shape index (κ1) is 14.7. The Bertz CT molecular complexity index is 326. The number of hydrogen-bond acceptors (Lipinski definition) is 2. The van der Waals surface area contributed by atoms with Crippen LogP contribution in [0.5, 0.6) is 0 Å². The van der Waals surface area contributed by atoms with Gasteiger partial charge in [0.2, 0.25) is 0 Å². The van der Waals surface area contributed by atoms with E-state index in [4.69, 9.17) is 5.73 Å². The predicted molar refractivity (Wildman–Crippen MR) is 78.0 cm³/mol. The van der Waals surface area contributed by atoms with E-state index in [9.17, 15) is 0 Å². The SMILES string of the molecule is CC(N)CCCCN(C)Cc1ccccc1Br. The monoisotopic (exact) mass is 298 g/mol. The minimum absolute atomic E-state index is 0.337. The van der Waals surface area contributed by atoms with Crippen molar-refractivity contribution in [2.45, 2.75) is 38.8 Å². The third-order valence-electron chi connectivity index (χ3n) is 2.85. The van der Waals surface area contributed by atoms with Crippen LogP contribution in [0.4, 0.5) is 0 Å². The molecule has 1 aromatic rings. The molecular formula is C14H23BrN2. The molecular weight excluding hydrogens is 276 g/mol. The lowest BCUT2D eigenvalue weighted by molar-refractivity contribution is 0.315. The van der Waals surface area contributed by atoms with Crippen LogP contribution in [0.1, 0.15) is 31.7 Å². The molecule has 0 heterocycles. The van der Waals surface area contributed by atoms with Crippen LogP contribution in [-0.2, 0) is 6.54 Å². The van der Waals surface area contributed by atoms with Crippen LogP contribution >= 0.6 is 15.9 Å². The summed E-state index contributed by atoms with van der Waals surface area (Å²) in [4.78, 5) is 2.36. The summed E-state index contributed by atoms with van der Waals surface area (Å²) in [6.07, 6.45) is 3.57. The van der Waals surface area contributed by atoms with E-state index in [1.165, 1.54) is 22.9 Å². The van der Waals surface area contributed by atoms with Crippen LogP contribution < -0.4 is 5.73 Å². The Morgan fingerprint density at radius 2 is 2.00 bits per heavy atom. The fraction of sp³-hybridized carbons (Fsp3) is 0.571. The van der Waals surface area contributed by atoms with E-state index in [-0.39, 0.29) is 0 Å². The summed E-state index contributed by atoms with van der Waals surface area (Å²) in [7, 11) is 2.17. The van der Waals surface area contributed by atoms with Crippen molar-refractivity contribution in [1.29, 1.82) is 0 Å². The van der Waals surface area contributed by atoms with Crippen LogP contribution in [-0.4, -0.2) is 24.5 Å². The number of nitrogens with zero attached hydrogens (tertiary/aromatic N) is 1. The van der Waals surface area contributed by atoms with Crippen molar-refractivity contribution in [3.8, 4) is 0 Å². The number of unbranched alkanes of at least 4 members (excludes halogenated alkanes) is 1. The molecule has 0 saturated carbocycles. The number of hydrogen-bond donors (Lipinski definition) is 1. The van der Waals surface area contributed by atoms with Crippen molar-refractivity contribution in [2.24, 2.45) is 5.73 Å². The fourth-order valence-electron chi connectivity index (χ4n) is 1.84. The second-order valence-electron chi connectivity index (χ2n) is 4.80. The van der Waals surface area contributed by atoms with Crippen molar-refractivity contribution in [3.63, 3.8) is 0 Å². The molecule has 0 bridgehead atoms. The molecule has 0 aliphatic heterocycles. The molecule has 3 heteroatoms. The maximum absolute atomic E-state index is 5.73. The Kier molecular flexibility index (Phi) is 6.78. The van der Waals surface area contributed by atoms with Gasteiger partial charge in [-0.3, -0.25) is 0 Å². The molecule has 0 aromatic heterocycles. The molecule has 1 aromatic carbocycles. The molecule has 0 fully saturated rings. The molecule has 0 aliphatic carbocycles. The van der Waals surface area contributed by atoms with Gasteiger partial charge in [0.05, 0.1) is 0 Å². The molecule has 2 N–H and O–H groups in total. The molecule has 96 valence electrons. The van der Waals surface area contributed by atoms with Gasteiger partial charge in [0, 0.05) is 17.1 Å². The minimum atomic E-state index is 0.337. The van der Waals surface area contributed by atoms with Gasteiger partial charge < -0.3 is 10.6 Å². The highest BCUT2D eigenvalue weighted by molar-refractivity contribution is 9.10. The Labute approximate surface area is 113 Å². The molecule has 1 rings (SSSR count). The highest BCUT2D eigenvalue weighted by Crippen LogP contribution is 2.17. The summed E-state index contributed by atoms with van der Waals surface area (Å²) < 4.78 is 1.20. The molecule has 0 spiro atoms. The fourth-order valence-corrected chi connectivity index (χ4v) is 2.25. The first-order valence-corrected chi connectivity index (χ1v) is 7.06. The molecule has 0 aliphatic rings. The van der Waals surface area contributed by atoms with Crippen molar-refractivity contribution in [1.82, 2.24) is 4.90 Å². The lowest BCUT2D eigenvalue weighted by Crippen LogP contribution is -2.20. The van der Waals surface area contributed by atoms with E-state index < -0.39 is 0 Å². The zero-order chi connectivity index (χ0) is 12.7. The van der Waals surface area contributed by atoms with Crippen LogP contribution in [0.3, 0.4) is 0 Å². The first-order chi connectivity index (χ1) is 8.09. The molecule has 0 amide bonds. The average Bonchev–Trinajstić information content (AvgIpc) is 2.27. The lowest BCUT2D eigenvalue weighted by atomic mass is 10.1. The highest BCUT2D eigenvalue weighted by Gasteiger charge is 2.03. The number of halogens is 1. The normalized spacial score (nSPS) is 13.0. The van der Waals surface area contributed by atoms with Gasteiger partial charge >= 0.3 is 0 Å². The zero-order valence-electron chi connectivity index (χ0n) is 10.8. The number of nitrogens with two attached hydrogens (primary N) is 1. The van der Waals surface area contributed by atoms with E-state index in [0.717, 1.165) is 19.5 Å². The molecule has 2 nitrogen and oxygen atoms in total. The van der Waals surface area contributed by atoms with Crippen molar-refractivity contribution in [2.75, 3.05) is 13.6 Å². The summed E-state index contributed by atoms with van der Waals surface area (Å²) in [5.41, 5.74) is 7.08. The Balaban J connectivity index is 2.25. The molecule has 0 saturated heterocycles. The lowest BCUT2D eigenvalue weighted by Gasteiger charge is -2.17. The van der Waals surface area contributed by atoms with Gasteiger partial charge in [-0.2, -0.15) is 0 Å². The number of rotatable bonds is 7. The maximum atomic E-state index is 5.73. The van der Waals surface area contributed by atoms with Gasteiger partial charge in [0.25, 0.3) is 0 Å². The molecule has 1 atom stereocenters. The Morgan fingerprint density at radius 1 is 1.29 bits per heavy atom. The van der Waals surface area contributed by atoms with Crippen molar-refractivity contribution < 1.29 is 0 Å². The van der Waals surface area contributed by atoms with Crippen molar-refractivity contribution in [3.05, 3.63) is 34.3 Å². The quantitative estimate of drug-likeness (QED) is 0.782. The number of benzene rings is 1. The zero-order valence-corrected chi connectivity index (χ0v) is 12.4. The minimum Gasteiger partial charge on any atom is -0.328 e. The largest absolute Gasteiger partial charge is 0.328 e. The topological polar surface area (TPSA) is 29.3 Å². The summed E-state index contributed by atoms with van der Waals surface area (Å²) in [6.45, 7) is 4.21. The standard InChI is InChI=1S/C14H23BrN2/c1-12(16)7-5-6-10-17(2)11-13-8-3-4-9-14(13)15/h3-4,8-9,12H,5-7,10-11,16H2,1-2H3. The molecule has 1 unspecified atom stereocenters. The predicted octanol–water partition coefficient (Wildman–Crippen LogP) is 3.40. The second kappa shape index (κ2) is 7.85. The molecule has 0 radical (unpaired) electrons. The summed E-state index contributed by atoms with van der Waals surface area (Å²) >= 11 is 3.58. The van der Waals surface area contributed by atoms with E-state index in [1.807, 2.05) is 0 Å². The van der Waals surface area contributed by atoms with E-state index in [2.05, 4.69) is 59.1 Å². The van der Waals surface area contributed by atoms with Gasteiger partial charge in [0.15, 0.2) is 0 Å². The van der Waals surface area contributed by atoms with Crippen LogP contribution in [0.15, 0.2) is 28.7 Å². The van der Waals surface area contributed by atoms with E-state index in [1.54, 1.807) is 0 Å². The Morgan fingerprint density at radius 3 is 2.65 bits per heavy atom. The van der Waals surface area contributed by atoms with Gasteiger partial charge in [-0.05, 0) is 45.0 Å². The van der Waals surface area contributed by atoms with E-state index >= 15 is 0 Å². The summed E-state index contributed by atoms with van der Waals surface area (Å²) in [6, 6.07) is 8.74. The third kappa shape index (κ3) is 6.20. The smallest absolute Gasteiger partial charge is 0.0241 e. The molecule has 17 heavy (non-hydrogen) atoms. The van der Waals surface area contributed by atoms with Crippen molar-refractivity contribution >= 4 is 15.9 Å². The highest BCUT2D eigenvalue weighted by atomic mass is 79.9. The van der Waals surface area contributed by atoms with Crippen LogP contribution in [0.2, 0.25) is 0 Å². The third-order valence-corrected chi connectivity index (χ3v) is 3.62. The van der Waals surface area contributed by atoms with Gasteiger partial charge in [0.1, 0.15) is 0 Å². The summed E-state index contributed by atoms with van der Waals surface area (Å²) in [5.74, 6) is 0. The van der Waals surface area contributed by atoms with Crippen LogP contribution in [0.25, 0.3) is 0 Å². The maximum Gasteiger partial charge on any atom is 0.0241 e. The van der Waals surface area contributed by atoms with Gasteiger partial charge in [-0.1, -0.05) is 40.5 Å². The first-order valence-electron chi connectivity index (χ1n) is 6.27. The second-order valence-corrected chi connectivity index (χ2v) is 5.66. The van der Waals surface area contributed by atoms with Crippen LogP contribution in [0, 0.1) is 0 Å². The van der Waals surface area contributed by atoms with Gasteiger partial charge in [-0.25, -0.2) is 0 Å². The Hall–Kier alpha value is -0.380.